The van der Waals surface area contributed by atoms with Crippen LogP contribution in [0.3, 0.4) is 0 Å². The minimum Gasteiger partial charge on any atom is -0.397 e. The Bertz CT molecular complexity index is 658. The van der Waals surface area contributed by atoms with E-state index in [1.54, 1.807) is 0 Å². The number of anilines is 3. The predicted molar refractivity (Wildman–Crippen MR) is 65.5 cm³/mol. The van der Waals surface area contributed by atoms with Gasteiger partial charge < -0.3 is 11.1 Å². The molecule has 2 rings (SSSR count). The third-order valence-corrected chi connectivity index (χ3v) is 2.65. The first-order chi connectivity index (χ1) is 9.68. The standard InChI is InChI=1S/C13H8F6N2/c14-7-4-8(15)12(9(16)5-7)21-11-2-1-6(3-10(11)20)13(17,18)19/h1-5,21H,20H2. The summed E-state index contributed by atoms with van der Waals surface area (Å²) in [5.74, 6) is -3.57. The van der Waals surface area contributed by atoms with E-state index in [2.05, 4.69) is 5.32 Å². The van der Waals surface area contributed by atoms with Crippen LogP contribution >= 0.6 is 0 Å². The molecule has 2 nitrogen and oxygen atoms in total. The second kappa shape index (κ2) is 5.19. The summed E-state index contributed by atoms with van der Waals surface area (Å²) >= 11 is 0. The van der Waals surface area contributed by atoms with Gasteiger partial charge in [0.1, 0.15) is 11.5 Å². The van der Waals surface area contributed by atoms with E-state index >= 15 is 0 Å². The lowest BCUT2D eigenvalue weighted by Crippen LogP contribution is -2.07. The number of halogens is 6. The van der Waals surface area contributed by atoms with Gasteiger partial charge >= 0.3 is 6.18 Å². The van der Waals surface area contributed by atoms with Crippen molar-refractivity contribution in [2.45, 2.75) is 6.18 Å². The SMILES string of the molecule is Nc1cc(C(F)(F)F)ccc1Nc1c(F)cc(F)cc1F. The molecule has 0 saturated carbocycles. The molecule has 2 aromatic rings. The Morgan fingerprint density at radius 3 is 1.95 bits per heavy atom. The fourth-order valence-corrected chi connectivity index (χ4v) is 1.65. The number of nitrogens with two attached hydrogens (primary N) is 1. The molecule has 0 amide bonds. The summed E-state index contributed by atoms with van der Waals surface area (Å²) in [6, 6.07) is 3.14. The highest BCUT2D eigenvalue weighted by Gasteiger charge is 2.30. The maximum Gasteiger partial charge on any atom is 0.416 e. The molecule has 0 fully saturated rings. The molecule has 2 aromatic carbocycles. The van der Waals surface area contributed by atoms with Gasteiger partial charge in [-0.3, -0.25) is 0 Å². The minimum absolute atomic E-state index is 0.132. The Morgan fingerprint density at radius 1 is 0.905 bits per heavy atom. The number of rotatable bonds is 2. The molecule has 0 saturated heterocycles. The largest absolute Gasteiger partial charge is 0.416 e. The highest BCUT2D eigenvalue weighted by molar-refractivity contribution is 5.73. The van der Waals surface area contributed by atoms with E-state index in [4.69, 9.17) is 5.73 Å². The van der Waals surface area contributed by atoms with Gasteiger partial charge in [-0.2, -0.15) is 13.2 Å². The van der Waals surface area contributed by atoms with Gasteiger partial charge in [0.05, 0.1) is 16.9 Å². The highest BCUT2D eigenvalue weighted by Crippen LogP contribution is 2.34. The van der Waals surface area contributed by atoms with Crippen LogP contribution in [-0.4, -0.2) is 0 Å². The number of nitrogen functional groups attached to an aromatic ring is 1. The fourth-order valence-electron chi connectivity index (χ4n) is 1.65. The number of nitrogens with one attached hydrogen (secondary N) is 1. The first-order valence-corrected chi connectivity index (χ1v) is 5.57. The Morgan fingerprint density at radius 2 is 1.48 bits per heavy atom. The summed E-state index contributed by atoms with van der Waals surface area (Å²) in [5, 5.41) is 2.21. The molecule has 112 valence electrons. The van der Waals surface area contributed by atoms with Crippen molar-refractivity contribution in [3.8, 4) is 0 Å². The van der Waals surface area contributed by atoms with Crippen LogP contribution in [0.4, 0.5) is 43.4 Å². The zero-order valence-electron chi connectivity index (χ0n) is 10.2. The normalized spacial score (nSPS) is 11.5. The van der Waals surface area contributed by atoms with E-state index in [1.165, 1.54) is 0 Å². The van der Waals surface area contributed by atoms with E-state index in [9.17, 15) is 26.3 Å². The monoisotopic (exact) mass is 306 g/mol. The van der Waals surface area contributed by atoms with Crippen molar-refractivity contribution in [1.82, 2.24) is 0 Å². The zero-order valence-corrected chi connectivity index (χ0v) is 10.2. The van der Waals surface area contributed by atoms with Gasteiger partial charge in [0, 0.05) is 12.1 Å². The third-order valence-electron chi connectivity index (χ3n) is 2.65. The zero-order chi connectivity index (χ0) is 15.8. The van der Waals surface area contributed by atoms with Gasteiger partial charge in [0.2, 0.25) is 0 Å². The van der Waals surface area contributed by atoms with Crippen molar-refractivity contribution in [2.75, 3.05) is 11.1 Å². The minimum atomic E-state index is -4.58. The van der Waals surface area contributed by atoms with Crippen molar-refractivity contribution in [1.29, 1.82) is 0 Å². The average molecular weight is 306 g/mol. The molecule has 0 atom stereocenters. The summed E-state index contributed by atoms with van der Waals surface area (Å²) in [6.07, 6.45) is -4.58. The first kappa shape index (κ1) is 15.0. The lowest BCUT2D eigenvalue weighted by Gasteiger charge is -2.13. The van der Waals surface area contributed by atoms with Crippen molar-refractivity contribution < 1.29 is 26.3 Å². The molecule has 0 unspecified atom stereocenters. The van der Waals surface area contributed by atoms with E-state index in [1.807, 2.05) is 0 Å². The summed E-state index contributed by atoms with van der Waals surface area (Å²) in [6.45, 7) is 0. The Hall–Kier alpha value is -2.38. The van der Waals surface area contributed by atoms with Crippen LogP contribution in [0.5, 0.6) is 0 Å². The molecule has 0 aromatic heterocycles. The topological polar surface area (TPSA) is 38.0 Å². The van der Waals surface area contributed by atoms with E-state index in [0.29, 0.717) is 24.3 Å². The van der Waals surface area contributed by atoms with E-state index < -0.39 is 34.9 Å². The quantitative estimate of drug-likeness (QED) is 0.635. The van der Waals surface area contributed by atoms with Gasteiger partial charge in [0.25, 0.3) is 0 Å². The Balaban J connectivity index is 2.37. The highest BCUT2D eigenvalue weighted by atomic mass is 19.4. The lowest BCUT2D eigenvalue weighted by molar-refractivity contribution is -0.137. The molecular formula is C13H8F6N2. The van der Waals surface area contributed by atoms with Crippen molar-refractivity contribution in [3.05, 3.63) is 53.3 Å². The molecule has 3 N–H and O–H groups in total. The number of benzene rings is 2. The molecule has 0 spiro atoms. The van der Waals surface area contributed by atoms with Crippen LogP contribution in [0, 0.1) is 17.5 Å². The van der Waals surface area contributed by atoms with Crippen LogP contribution < -0.4 is 11.1 Å². The maximum atomic E-state index is 13.4. The molecule has 8 heteroatoms. The Kier molecular flexibility index (Phi) is 3.71. The van der Waals surface area contributed by atoms with Crippen LogP contribution in [-0.2, 0) is 6.18 Å². The third kappa shape index (κ3) is 3.21. The lowest BCUT2D eigenvalue weighted by atomic mass is 10.1. The van der Waals surface area contributed by atoms with Crippen LogP contribution in [0.1, 0.15) is 5.56 Å². The molecule has 0 radical (unpaired) electrons. The van der Waals surface area contributed by atoms with Crippen molar-refractivity contribution >= 4 is 17.1 Å². The molecule has 21 heavy (non-hydrogen) atoms. The molecule has 0 bridgehead atoms. The molecule has 0 aliphatic rings. The summed E-state index contributed by atoms with van der Waals surface area (Å²) in [5.41, 5.74) is 3.23. The second-order valence-corrected chi connectivity index (χ2v) is 4.17. The summed E-state index contributed by atoms with van der Waals surface area (Å²) in [7, 11) is 0. The number of hydrogen-bond donors (Lipinski definition) is 2. The van der Waals surface area contributed by atoms with Gasteiger partial charge in [0.15, 0.2) is 11.6 Å². The number of alkyl halides is 3. The van der Waals surface area contributed by atoms with Gasteiger partial charge in [-0.05, 0) is 18.2 Å². The maximum absolute atomic E-state index is 13.4. The van der Waals surface area contributed by atoms with Crippen molar-refractivity contribution in [2.24, 2.45) is 0 Å². The van der Waals surface area contributed by atoms with Gasteiger partial charge in [-0.25, -0.2) is 13.2 Å². The fraction of sp³-hybridized carbons (Fsp3) is 0.0769. The Labute approximate surface area is 115 Å². The van der Waals surface area contributed by atoms with Crippen molar-refractivity contribution in [3.63, 3.8) is 0 Å². The second-order valence-electron chi connectivity index (χ2n) is 4.17. The van der Waals surface area contributed by atoms with Crippen LogP contribution in [0.25, 0.3) is 0 Å². The summed E-state index contributed by atoms with van der Waals surface area (Å²) in [4.78, 5) is 0. The van der Waals surface area contributed by atoms with Crippen LogP contribution in [0.2, 0.25) is 0 Å². The van der Waals surface area contributed by atoms with E-state index in [0.717, 1.165) is 6.07 Å². The van der Waals surface area contributed by atoms with Gasteiger partial charge in [-0.1, -0.05) is 0 Å². The molecule has 0 aliphatic carbocycles. The summed E-state index contributed by atoms with van der Waals surface area (Å²) < 4.78 is 77.0. The molecule has 0 aliphatic heterocycles. The molecular weight excluding hydrogens is 298 g/mol. The first-order valence-electron chi connectivity index (χ1n) is 5.57. The molecule has 0 heterocycles. The average Bonchev–Trinajstić information content (AvgIpc) is 2.33. The predicted octanol–water partition coefficient (Wildman–Crippen LogP) is 4.45. The number of hydrogen-bond acceptors (Lipinski definition) is 2. The van der Waals surface area contributed by atoms with E-state index in [-0.39, 0.29) is 11.4 Å². The van der Waals surface area contributed by atoms with Crippen LogP contribution in [0.15, 0.2) is 30.3 Å². The van der Waals surface area contributed by atoms with Gasteiger partial charge in [-0.15, -0.1) is 0 Å². The smallest absolute Gasteiger partial charge is 0.397 e.